The lowest BCUT2D eigenvalue weighted by Gasteiger charge is -2.05. The number of rotatable bonds is 6. The summed E-state index contributed by atoms with van der Waals surface area (Å²) in [5.41, 5.74) is 1.75. The smallest absolute Gasteiger partial charge is 0.225 e. The van der Waals surface area contributed by atoms with E-state index in [9.17, 15) is 13.2 Å². The van der Waals surface area contributed by atoms with Crippen LogP contribution in [-0.2, 0) is 14.6 Å². The van der Waals surface area contributed by atoms with Gasteiger partial charge < -0.3 is 9.84 Å². The second-order valence-electron chi connectivity index (χ2n) is 4.67. The van der Waals surface area contributed by atoms with Gasteiger partial charge in [-0.25, -0.2) is 8.42 Å². The van der Waals surface area contributed by atoms with Crippen molar-refractivity contribution in [3.05, 3.63) is 48.0 Å². The lowest BCUT2D eigenvalue weighted by atomic mass is 10.1. The van der Waals surface area contributed by atoms with Crippen molar-refractivity contribution in [1.82, 2.24) is 5.16 Å². The highest BCUT2D eigenvalue weighted by Gasteiger charge is 2.18. The van der Waals surface area contributed by atoms with Gasteiger partial charge in [0.15, 0.2) is 15.6 Å². The summed E-state index contributed by atoms with van der Waals surface area (Å²) in [4.78, 5) is 11.9. The summed E-state index contributed by atoms with van der Waals surface area (Å²) < 4.78 is 27.9. The number of sulfone groups is 1. The third-order valence-electron chi connectivity index (χ3n) is 3.03. The molecule has 0 spiro atoms. The molecule has 0 unspecified atom stereocenters. The molecule has 7 heteroatoms. The van der Waals surface area contributed by atoms with Crippen LogP contribution in [0.1, 0.15) is 12.1 Å². The van der Waals surface area contributed by atoms with E-state index < -0.39 is 15.7 Å². The summed E-state index contributed by atoms with van der Waals surface area (Å²) >= 11 is 0. The van der Waals surface area contributed by atoms with Crippen molar-refractivity contribution in [3.8, 4) is 11.3 Å². The molecule has 0 fully saturated rings. The highest BCUT2D eigenvalue weighted by Crippen LogP contribution is 2.30. The van der Waals surface area contributed by atoms with Crippen LogP contribution in [0, 0.1) is 6.92 Å². The van der Waals surface area contributed by atoms with Gasteiger partial charge in [-0.3, -0.25) is 4.79 Å². The zero-order valence-corrected chi connectivity index (χ0v) is 12.9. The number of benzene rings is 1. The molecule has 0 aliphatic carbocycles. The number of hydrogen-bond donors (Lipinski definition) is 1. The van der Waals surface area contributed by atoms with Gasteiger partial charge in [0.2, 0.25) is 5.91 Å². The minimum absolute atomic E-state index is 0.160. The quantitative estimate of drug-likeness (QED) is 0.883. The highest BCUT2D eigenvalue weighted by molar-refractivity contribution is 7.94. The molecule has 0 atom stereocenters. The second-order valence-corrected chi connectivity index (χ2v) is 6.74. The number of aromatic nitrogens is 1. The Bertz CT molecular complexity index is 779. The van der Waals surface area contributed by atoms with E-state index in [1.165, 1.54) is 0 Å². The molecule has 0 aliphatic heterocycles. The van der Waals surface area contributed by atoms with Crippen LogP contribution < -0.4 is 5.32 Å². The molecule has 1 N–H and O–H groups in total. The number of nitrogens with zero attached hydrogens (tertiary/aromatic N) is 1. The maximum atomic E-state index is 11.9. The van der Waals surface area contributed by atoms with E-state index in [1.54, 1.807) is 6.92 Å². The van der Waals surface area contributed by atoms with Gasteiger partial charge >= 0.3 is 0 Å². The molecule has 2 aromatic rings. The summed E-state index contributed by atoms with van der Waals surface area (Å²) in [6.07, 6.45) is -0.160. The fraction of sp³-hybridized carbons (Fsp3) is 0.200. The molecule has 1 aromatic carbocycles. The predicted octanol–water partition coefficient (Wildman–Crippen LogP) is 2.54. The third-order valence-corrected chi connectivity index (χ3v) is 4.31. The maximum Gasteiger partial charge on any atom is 0.225 e. The maximum absolute atomic E-state index is 11.9. The first kappa shape index (κ1) is 16.0. The first-order valence-corrected chi connectivity index (χ1v) is 8.31. The van der Waals surface area contributed by atoms with Crippen LogP contribution in [0.4, 0.5) is 5.69 Å². The number of amides is 1. The fourth-order valence-corrected chi connectivity index (χ4v) is 2.46. The van der Waals surface area contributed by atoms with Crippen LogP contribution in [0.5, 0.6) is 0 Å². The van der Waals surface area contributed by atoms with Crippen molar-refractivity contribution in [2.24, 2.45) is 0 Å². The summed E-state index contributed by atoms with van der Waals surface area (Å²) in [5.74, 6) is -0.264. The molecule has 6 nitrogen and oxygen atoms in total. The molecule has 0 radical (unpaired) electrons. The normalized spacial score (nSPS) is 11.1. The van der Waals surface area contributed by atoms with Gasteiger partial charge in [0.05, 0.1) is 5.75 Å². The van der Waals surface area contributed by atoms with E-state index >= 15 is 0 Å². The van der Waals surface area contributed by atoms with Gasteiger partial charge in [-0.2, -0.15) is 0 Å². The van der Waals surface area contributed by atoms with Crippen molar-refractivity contribution in [3.63, 3.8) is 0 Å². The summed E-state index contributed by atoms with van der Waals surface area (Å²) in [6, 6.07) is 9.21. The summed E-state index contributed by atoms with van der Waals surface area (Å²) in [5, 5.41) is 7.35. The number of hydrogen-bond acceptors (Lipinski definition) is 5. The molecule has 22 heavy (non-hydrogen) atoms. The molecule has 1 heterocycles. The fourth-order valence-electron chi connectivity index (χ4n) is 1.82. The van der Waals surface area contributed by atoms with E-state index in [4.69, 9.17) is 4.52 Å². The van der Waals surface area contributed by atoms with Crippen molar-refractivity contribution in [1.29, 1.82) is 0 Å². The Balaban J connectivity index is 2.15. The first-order valence-electron chi connectivity index (χ1n) is 6.59. The molecule has 2 rings (SSSR count). The van der Waals surface area contributed by atoms with Gasteiger partial charge in [0, 0.05) is 17.4 Å². The number of aryl methyl sites for hydroxylation is 1. The third kappa shape index (κ3) is 3.82. The Morgan fingerprint density at radius 2 is 2.05 bits per heavy atom. The predicted molar refractivity (Wildman–Crippen MR) is 83.9 cm³/mol. The van der Waals surface area contributed by atoms with Crippen LogP contribution in [-0.4, -0.2) is 25.2 Å². The van der Waals surface area contributed by atoms with Gasteiger partial charge in [-0.05, 0) is 6.92 Å². The van der Waals surface area contributed by atoms with Crippen LogP contribution in [0.25, 0.3) is 11.3 Å². The van der Waals surface area contributed by atoms with Gasteiger partial charge in [-0.1, -0.05) is 42.1 Å². The van der Waals surface area contributed by atoms with Crippen molar-refractivity contribution in [2.75, 3.05) is 11.1 Å². The molecule has 0 aliphatic rings. The SMILES string of the molecule is C=CS(=O)(=O)CCC(=O)Nc1c(C)noc1-c1ccccc1. The van der Waals surface area contributed by atoms with Gasteiger partial charge in [0.25, 0.3) is 0 Å². The first-order chi connectivity index (χ1) is 10.4. The zero-order valence-electron chi connectivity index (χ0n) is 12.1. The van der Waals surface area contributed by atoms with Crippen LogP contribution in [0.2, 0.25) is 0 Å². The molecule has 1 amide bonds. The van der Waals surface area contributed by atoms with Gasteiger partial charge in [-0.15, -0.1) is 0 Å². The van der Waals surface area contributed by atoms with Crippen LogP contribution in [0.3, 0.4) is 0 Å². The van der Waals surface area contributed by atoms with Gasteiger partial charge in [0.1, 0.15) is 11.4 Å². The minimum atomic E-state index is -3.40. The van der Waals surface area contributed by atoms with E-state index in [-0.39, 0.29) is 12.2 Å². The average molecular weight is 320 g/mol. The Hall–Kier alpha value is -2.41. The van der Waals surface area contributed by atoms with Crippen LogP contribution in [0.15, 0.2) is 46.8 Å². The Morgan fingerprint density at radius 3 is 2.68 bits per heavy atom. The second kappa shape index (κ2) is 6.57. The molecule has 116 valence electrons. The minimum Gasteiger partial charge on any atom is -0.354 e. The van der Waals surface area contributed by atoms with Crippen molar-refractivity contribution < 1.29 is 17.7 Å². The topological polar surface area (TPSA) is 89.3 Å². The zero-order chi connectivity index (χ0) is 16.2. The monoisotopic (exact) mass is 320 g/mol. The number of nitrogens with one attached hydrogen (secondary N) is 1. The molecule has 0 saturated carbocycles. The summed E-state index contributed by atoms with van der Waals surface area (Å²) in [7, 11) is -3.40. The Kier molecular flexibility index (Phi) is 4.77. The molecular formula is C15H16N2O4S. The lowest BCUT2D eigenvalue weighted by Crippen LogP contribution is -2.16. The Morgan fingerprint density at radius 1 is 1.36 bits per heavy atom. The van der Waals surface area contributed by atoms with Crippen molar-refractivity contribution in [2.45, 2.75) is 13.3 Å². The molecule has 0 saturated heterocycles. The lowest BCUT2D eigenvalue weighted by molar-refractivity contribution is -0.115. The number of anilines is 1. The van der Waals surface area contributed by atoms with Crippen molar-refractivity contribution >= 4 is 21.4 Å². The van der Waals surface area contributed by atoms with E-state index in [0.29, 0.717) is 17.1 Å². The standard InChI is InChI=1S/C15H16N2O4S/c1-3-22(19,20)10-9-13(18)16-14-11(2)17-21-15(14)12-7-5-4-6-8-12/h3-8H,1,9-10H2,2H3,(H,16,18). The molecule has 1 aromatic heterocycles. The highest BCUT2D eigenvalue weighted by atomic mass is 32.2. The molecular weight excluding hydrogens is 304 g/mol. The molecule has 0 bridgehead atoms. The number of carbonyl (C=O) groups is 1. The van der Waals surface area contributed by atoms with E-state index in [1.807, 2.05) is 30.3 Å². The average Bonchev–Trinajstić information content (AvgIpc) is 2.87. The number of carbonyl (C=O) groups excluding carboxylic acids is 1. The van der Waals surface area contributed by atoms with Crippen LogP contribution >= 0.6 is 0 Å². The van der Waals surface area contributed by atoms with E-state index in [0.717, 1.165) is 11.0 Å². The van der Waals surface area contributed by atoms with E-state index in [2.05, 4.69) is 17.1 Å². The Labute approximate surface area is 128 Å². The largest absolute Gasteiger partial charge is 0.354 e. The summed E-state index contributed by atoms with van der Waals surface area (Å²) in [6.45, 7) is 4.91.